The standard InChI is InChI=1S/C28H33N7O5S/c1-18-5-8-24(19(2)14-18)41(39,40)28-26-29-27(38)22-7-6-20(15-23(22)35(26)31-30-28)33-12-10-32(11-13-33)16-25(37)34-9-3-4-21(34)17-36/h5-8,14-15,21,31,36H,3-4,9-13,16-17H2,1-2H3. The van der Waals surface area contributed by atoms with Crippen molar-refractivity contribution in [3.63, 3.8) is 0 Å². The molecule has 2 fully saturated rings. The van der Waals surface area contributed by atoms with E-state index < -0.39 is 15.4 Å². The van der Waals surface area contributed by atoms with Crippen LogP contribution in [-0.2, 0) is 14.6 Å². The Balaban J connectivity index is 1.26. The molecule has 2 aromatic carbocycles. The lowest BCUT2D eigenvalue weighted by atomic mass is 10.2. The summed E-state index contributed by atoms with van der Waals surface area (Å²) in [5, 5.41) is 16.5. The van der Waals surface area contributed by atoms with Crippen LogP contribution in [0, 0.1) is 13.8 Å². The monoisotopic (exact) mass is 579 g/mol. The number of carbonyl (C=O) groups excluding carboxylic acids is 1. The lowest BCUT2D eigenvalue weighted by Gasteiger charge is -2.36. The van der Waals surface area contributed by atoms with E-state index in [1.807, 2.05) is 19.1 Å². The van der Waals surface area contributed by atoms with E-state index >= 15 is 0 Å². The molecule has 2 N–H and O–H groups in total. The SMILES string of the molecule is Cc1ccc(S(=O)(=O)c2n[nH]n3c2nc(=O)c2ccc(N4CCN(CC(=O)N5CCCC5CO)CC4)cc23)c(C)c1. The Hall–Kier alpha value is -3.81. The van der Waals surface area contributed by atoms with Crippen LogP contribution >= 0.6 is 0 Å². The van der Waals surface area contributed by atoms with Crippen LogP contribution < -0.4 is 10.5 Å². The smallest absolute Gasteiger partial charge is 0.281 e. The van der Waals surface area contributed by atoms with Crippen molar-refractivity contribution in [3.8, 4) is 0 Å². The van der Waals surface area contributed by atoms with Gasteiger partial charge in [-0.05, 0) is 56.5 Å². The van der Waals surface area contributed by atoms with E-state index in [2.05, 4.69) is 25.1 Å². The first-order valence-electron chi connectivity index (χ1n) is 13.8. The van der Waals surface area contributed by atoms with Crippen LogP contribution in [0.3, 0.4) is 0 Å². The number of aromatic amines is 1. The van der Waals surface area contributed by atoms with Gasteiger partial charge in [-0.2, -0.15) is 4.98 Å². The number of anilines is 1. The van der Waals surface area contributed by atoms with E-state index in [1.54, 1.807) is 36.1 Å². The van der Waals surface area contributed by atoms with Crippen LogP contribution in [0.5, 0.6) is 0 Å². The van der Waals surface area contributed by atoms with Gasteiger partial charge >= 0.3 is 0 Å². The summed E-state index contributed by atoms with van der Waals surface area (Å²) in [6.45, 7) is 7.39. The van der Waals surface area contributed by atoms with Gasteiger partial charge in [0.1, 0.15) is 0 Å². The molecule has 6 rings (SSSR count). The minimum atomic E-state index is -4.04. The molecule has 12 nitrogen and oxygen atoms in total. The normalized spacial score (nSPS) is 18.6. The molecule has 1 unspecified atom stereocenters. The lowest BCUT2D eigenvalue weighted by Crippen LogP contribution is -2.51. The molecule has 0 spiro atoms. The van der Waals surface area contributed by atoms with Crippen LogP contribution in [0.2, 0.25) is 0 Å². The zero-order valence-electron chi connectivity index (χ0n) is 23.1. The number of nitrogens with one attached hydrogen (secondary N) is 1. The number of H-pyrrole nitrogens is 1. The first-order chi connectivity index (χ1) is 19.7. The predicted octanol–water partition coefficient (Wildman–Crippen LogP) is 1.13. The van der Waals surface area contributed by atoms with Crippen molar-refractivity contribution in [2.45, 2.75) is 42.7 Å². The second-order valence-corrected chi connectivity index (χ2v) is 12.7. The van der Waals surface area contributed by atoms with Gasteiger partial charge in [-0.15, -0.1) is 5.10 Å². The van der Waals surface area contributed by atoms with Crippen molar-refractivity contribution >= 4 is 38.0 Å². The molecule has 13 heteroatoms. The van der Waals surface area contributed by atoms with Gasteiger partial charge in [0.05, 0.1) is 35.0 Å². The number of carbonyl (C=O) groups is 1. The van der Waals surface area contributed by atoms with Crippen molar-refractivity contribution in [1.29, 1.82) is 0 Å². The Labute approximate surface area is 237 Å². The zero-order valence-corrected chi connectivity index (χ0v) is 23.9. The molecule has 1 atom stereocenters. The number of benzene rings is 2. The number of aliphatic hydroxyl groups excluding tert-OH is 1. The minimum Gasteiger partial charge on any atom is -0.394 e. The maximum atomic E-state index is 13.5. The summed E-state index contributed by atoms with van der Waals surface area (Å²) in [6, 6.07) is 10.4. The number of sulfone groups is 1. The second kappa shape index (κ2) is 10.5. The Morgan fingerprint density at radius 3 is 2.59 bits per heavy atom. The quantitative estimate of drug-likeness (QED) is 0.343. The highest BCUT2D eigenvalue weighted by Gasteiger charge is 2.31. The fourth-order valence-corrected chi connectivity index (χ4v) is 7.46. The van der Waals surface area contributed by atoms with Crippen molar-refractivity contribution < 1.29 is 18.3 Å². The van der Waals surface area contributed by atoms with Crippen LogP contribution in [-0.4, -0.2) is 101 Å². The number of aromatic nitrogens is 4. The average molecular weight is 580 g/mol. The summed E-state index contributed by atoms with van der Waals surface area (Å²) < 4.78 is 28.5. The molecular weight excluding hydrogens is 546 g/mol. The Morgan fingerprint density at radius 2 is 1.85 bits per heavy atom. The number of rotatable bonds is 6. The fourth-order valence-electron chi connectivity index (χ4n) is 5.98. The summed E-state index contributed by atoms with van der Waals surface area (Å²) >= 11 is 0. The van der Waals surface area contributed by atoms with Gasteiger partial charge in [0.15, 0.2) is 5.65 Å². The van der Waals surface area contributed by atoms with Gasteiger partial charge in [0.2, 0.25) is 20.8 Å². The van der Waals surface area contributed by atoms with Gasteiger partial charge in [0, 0.05) is 38.4 Å². The molecule has 0 radical (unpaired) electrons. The van der Waals surface area contributed by atoms with Crippen molar-refractivity contribution in [2.24, 2.45) is 0 Å². The molecule has 0 bridgehead atoms. The number of aliphatic hydroxyl groups is 1. The summed E-state index contributed by atoms with van der Waals surface area (Å²) in [6.07, 6.45) is 1.77. The van der Waals surface area contributed by atoms with Crippen molar-refractivity contribution in [3.05, 3.63) is 57.9 Å². The van der Waals surface area contributed by atoms with Crippen LogP contribution in [0.1, 0.15) is 24.0 Å². The highest BCUT2D eigenvalue weighted by molar-refractivity contribution is 7.91. The number of hydrogen-bond acceptors (Lipinski definition) is 9. The predicted molar refractivity (Wildman–Crippen MR) is 153 cm³/mol. The number of nitrogens with zero attached hydrogens (tertiary/aromatic N) is 6. The molecule has 2 saturated heterocycles. The molecule has 2 aliphatic rings. The first kappa shape index (κ1) is 27.4. The van der Waals surface area contributed by atoms with Crippen molar-refractivity contribution in [2.75, 3.05) is 50.8 Å². The lowest BCUT2D eigenvalue weighted by molar-refractivity contribution is -0.134. The maximum absolute atomic E-state index is 13.5. The summed E-state index contributed by atoms with van der Waals surface area (Å²) in [5.74, 6) is 0.0563. The Bertz CT molecular complexity index is 1810. The molecular formula is C28H33N7O5S. The van der Waals surface area contributed by atoms with Crippen LogP contribution in [0.15, 0.2) is 51.1 Å². The first-order valence-corrected chi connectivity index (χ1v) is 15.3. The van der Waals surface area contributed by atoms with Gasteiger partial charge in [-0.25, -0.2) is 18.1 Å². The molecule has 4 aromatic rings. The number of fused-ring (bicyclic) bond motifs is 3. The number of piperazine rings is 1. The number of likely N-dealkylation sites (tertiary alicyclic amines) is 1. The van der Waals surface area contributed by atoms with Crippen molar-refractivity contribution in [1.82, 2.24) is 29.6 Å². The molecule has 0 saturated carbocycles. The van der Waals surface area contributed by atoms with E-state index in [9.17, 15) is 23.1 Å². The third kappa shape index (κ3) is 4.87. The summed E-state index contributed by atoms with van der Waals surface area (Å²) in [7, 11) is -4.04. The molecule has 2 aliphatic heterocycles. The summed E-state index contributed by atoms with van der Waals surface area (Å²) in [4.78, 5) is 36.1. The average Bonchev–Trinajstić information content (AvgIpc) is 3.61. The number of amides is 1. The number of hydrogen-bond donors (Lipinski definition) is 2. The minimum absolute atomic E-state index is 0.00268. The fraction of sp³-hybridized carbons (Fsp3) is 0.429. The topological polar surface area (TPSA) is 144 Å². The van der Waals surface area contributed by atoms with Gasteiger partial charge in [0.25, 0.3) is 5.56 Å². The molecule has 1 amide bonds. The van der Waals surface area contributed by atoms with Crippen LogP contribution in [0.4, 0.5) is 5.69 Å². The van der Waals surface area contributed by atoms with E-state index in [0.29, 0.717) is 55.7 Å². The molecule has 2 aromatic heterocycles. The Kier molecular flexibility index (Phi) is 7.04. The Morgan fingerprint density at radius 1 is 1.07 bits per heavy atom. The second-order valence-electron chi connectivity index (χ2n) is 10.9. The summed E-state index contributed by atoms with van der Waals surface area (Å²) in [5.41, 5.74) is 2.30. The molecule has 0 aliphatic carbocycles. The third-order valence-electron chi connectivity index (χ3n) is 8.19. The highest BCUT2D eigenvalue weighted by Crippen LogP contribution is 2.28. The molecule has 216 valence electrons. The highest BCUT2D eigenvalue weighted by atomic mass is 32.2. The number of aryl methyl sites for hydroxylation is 2. The third-order valence-corrected chi connectivity index (χ3v) is 10.0. The zero-order chi connectivity index (χ0) is 28.9. The van der Waals surface area contributed by atoms with Crippen LogP contribution in [0.25, 0.3) is 16.6 Å². The molecule has 41 heavy (non-hydrogen) atoms. The molecule has 4 heterocycles. The van der Waals surface area contributed by atoms with Gasteiger partial charge in [-0.1, -0.05) is 17.7 Å². The van der Waals surface area contributed by atoms with E-state index in [1.165, 1.54) is 4.52 Å². The van der Waals surface area contributed by atoms with E-state index in [-0.39, 0.29) is 34.1 Å². The largest absolute Gasteiger partial charge is 0.394 e. The maximum Gasteiger partial charge on any atom is 0.281 e. The van der Waals surface area contributed by atoms with E-state index in [0.717, 1.165) is 24.1 Å². The van der Waals surface area contributed by atoms with Gasteiger partial charge < -0.3 is 14.9 Å². The van der Waals surface area contributed by atoms with E-state index in [4.69, 9.17) is 0 Å². The van der Waals surface area contributed by atoms with Gasteiger partial charge in [-0.3, -0.25) is 14.5 Å².